The van der Waals surface area contributed by atoms with Crippen LogP contribution in [0.25, 0.3) is 11.5 Å². The van der Waals surface area contributed by atoms with Crippen molar-refractivity contribution in [2.75, 3.05) is 5.32 Å². The summed E-state index contributed by atoms with van der Waals surface area (Å²) in [7, 11) is 0. The van der Waals surface area contributed by atoms with E-state index in [0.717, 1.165) is 11.8 Å². The van der Waals surface area contributed by atoms with Crippen molar-refractivity contribution in [1.29, 1.82) is 0 Å². The monoisotopic (exact) mass is 411 g/mol. The van der Waals surface area contributed by atoms with Crippen LogP contribution in [0.15, 0.2) is 55.5 Å². The summed E-state index contributed by atoms with van der Waals surface area (Å²) in [6, 6.07) is 7.94. The van der Waals surface area contributed by atoms with E-state index in [-0.39, 0.29) is 11.1 Å². The number of hydrogen-bond acceptors (Lipinski definition) is 7. The second-order valence-corrected chi connectivity index (χ2v) is 7.77. The molecule has 2 heterocycles. The van der Waals surface area contributed by atoms with Gasteiger partial charge in [-0.25, -0.2) is 0 Å². The summed E-state index contributed by atoms with van der Waals surface area (Å²) >= 11 is 1.57. The molecule has 10 heteroatoms. The number of carbonyl (C=O) groups is 1. The lowest BCUT2D eigenvalue weighted by atomic mass is 10.3. The Morgan fingerprint density at radius 3 is 2.52 bits per heavy atom. The molecule has 0 fully saturated rings. The Balaban J connectivity index is 1.58. The molecule has 0 aliphatic carbocycles. The number of furan rings is 1. The van der Waals surface area contributed by atoms with Crippen LogP contribution in [-0.2, 0) is 4.79 Å². The van der Waals surface area contributed by atoms with Crippen LogP contribution in [0.5, 0.6) is 0 Å². The third kappa shape index (κ3) is 5.10. The number of nitrogens with one attached hydrogen (secondary N) is 1. The fourth-order valence-corrected chi connectivity index (χ4v) is 3.32. The maximum atomic E-state index is 12.3. The number of hydrogen-bond donors (Lipinski definition) is 1. The van der Waals surface area contributed by atoms with E-state index in [1.807, 2.05) is 0 Å². The molecule has 0 aliphatic heterocycles. The lowest BCUT2D eigenvalue weighted by molar-refractivity contribution is -0.115. The Bertz CT molecular complexity index is 912. The maximum absolute atomic E-state index is 12.3. The summed E-state index contributed by atoms with van der Waals surface area (Å²) in [5.74, 6) is -1.77. The smallest absolute Gasteiger partial charge is 0.288 e. The topological polar surface area (TPSA) is 81.2 Å². The minimum atomic E-state index is -2.48. The normalized spacial score (nSPS) is 12.3. The first kappa shape index (κ1) is 19.4. The molecule has 3 rings (SSSR count). The van der Waals surface area contributed by atoms with Gasteiger partial charge in [0.25, 0.3) is 16.9 Å². The van der Waals surface area contributed by atoms with Gasteiger partial charge in [0, 0.05) is 10.6 Å². The molecule has 0 unspecified atom stereocenters. The van der Waals surface area contributed by atoms with Crippen LogP contribution in [0.4, 0.5) is 14.5 Å². The average Bonchev–Trinajstić information content (AvgIpc) is 3.24. The van der Waals surface area contributed by atoms with Gasteiger partial charge in [-0.05, 0) is 44.2 Å². The van der Waals surface area contributed by atoms with Gasteiger partial charge in [0.1, 0.15) is 5.76 Å². The van der Waals surface area contributed by atoms with Crippen LogP contribution in [0, 0.1) is 6.92 Å². The SMILES string of the molecule is Cc1occc1-c1nnc(S[C@H](C)C(=O)Nc2ccc(SC(F)F)cc2)o1. The third-order valence-corrected chi connectivity index (χ3v) is 5.15. The van der Waals surface area contributed by atoms with Crippen LogP contribution < -0.4 is 5.32 Å². The Hall–Kier alpha value is -2.33. The zero-order chi connectivity index (χ0) is 19.4. The first-order chi connectivity index (χ1) is 12.9. The molecule has 0 saturated carbocycles. The minimum absolute atomic E-state index is 0.261. The molecule has 0 bridgehead atoms. The van der Waals surface area contributed by atoms with E-state index in [1.165, 1.54) is 18.4 Å². The number of thioether (sulfide) groups is 2. The molecule has 142 valence electrons. The summed E-state index contributed by atoms with van der Waals surface area (Å²) < 4.78 is 35.4. The van der Waals surface area contributed by atoms with Crippen molar-refractivity contribution in [1.82, 2.24) is 10.2 Å². The zero-order valence-corrected chi connectivity index (χ0v) is 15.9. The molecule has 27 heavy (non-hydrogen) atoms. The van der Waals surface area contributed by atoms with Crippen LogP contribution in [0.1, 0.15) is 12.7 Å². The molecule has 0 saturated heterocycles. The molecule has 1 atom stereocenters. The van der Waals surface area contributed by atoms with Gasteiger partial charge >= 0.3 is 0 Å². The number of benzene rings is 1. The Labute approximate surface area is 162 Å². The van der Waals surface area contributed by atoms with Gasteiger partial charge in [0.05, 0.1) is 17.1 Å². The molecule has 1 N–H and O–H groups in total. The standard InChI is InChI=1S/C17H15F2N3O3S2/c1-9-13(7-8-24-9)15-21-22-17(25-15)26-10(2)14(23)20-11-3-5-12(6-4-11)27-16(18)19/h3-8,10,16H,1-2H3,(H,20,23)/t10-/m1/s1. The number of carbonyl (C=O) groups excluding carboxylic acids is 1. The summed E-state index contributed by atoms with van der Waals surface area (Å²) in [6.07, 6.45) is 1.53. The highest BCUT2D eigenvalue weighted by Crippen LogP contribution is 2.29. The second kappa shape index (κ2) is 8.57. The summed E-state index contributed by atoms with van der Waals surface area (Å²) in [5.41, 5.74) is 1.22. The van der Waals surface area contributed by atoms with Crippen molar-refractivity contribution in [2.45, 2.75) is 35.0 Å². The molecular weight excluding hydrogens is 396 g/mol. The van der Waals surface area contributed by atoms with Gasteiger partial charge in [-0.15, -0.1) is 10.2 Å². The van der Waals surface area contributed by atoms with Crippen molar-refractivity contribution in [3.05, 3.63) is 42.4 Å². The van der Waals surface area contributed by atoms with Gasteiger partial charge in [-0.2, -0.15) is 8.78 Å². The first-order valence-electron chi connectivity index (χ1n) is 7.82. The Morgan fingerprint density at radius 2 is 1.89 bits per heavy atom. The molecule has 0 radical (unpaired) electrons. The predicted molar refractivity (Wildman–Crippen MR) is 99.0 cm³/mol. The van der Waals surface area contributed by atoms with Crippen molar-refractivity contribution in [3.8, 4) is 11.5 Å². The zero-order valence-electron chi connectivity index (χ0n) is 14.3. The van der Waals surface area contributed by atoms with E-state index >= 15 is 0 Å². The van der Waals surface area contributed by atoms with Gasteiger partial charge in [-0.1, -0.05) is 23.5 Å². The summed E-state index contributed by atoms with van der Waals surface area (Å²) in [5, 5.41) is 10.4. The lowest BCUT2D eigenvalue weighted by Gasteiger charge is -2.10. The van der Waals surface area contributed by atoms with E-state index in [2.05, 4.69) is 15.5 Å². The number of aromatic nitrogens is 2. The largest absolute Gasteiger partial charge is 0.469 e. The van der Waals surface area contributed by atoms with Gasteiger partial charge in [0.15, 0.2) is 0 Å². The highest BCUT2D eigenvalue weighted by atomic mass is 32.2. The number of amides is 1. The van der Waals surface area contributed by atoms with E-state index in [4.69, 9.17) is 8.83 Å². The van der Waals surface area contributed by atoms with Gasteiger partial charge in [0.2, 0.25) is 5.91 Å². The Kier molecular flexibility index (Phi) is 6.17. The average molecular weight is 411 g/mol. The Morgan fingerprint density at radius 1 is 1.15 bits per heavy atom. The number of aryl methyl sites for hydroxylation is 1. The summed E-state index contributed by atoms with van der Waals surface area (Å²) in [4.78, 5) is 12.7. The van der Waals surface area contributed by atoms with Gasteiger partial charge < -0.3 is 14.2 Å². The maximum Gasteiger partial charge on any atom is 0.288 e. The highest BCUT2D eigenvalue weighted by molar-refractivity contribution is 8.00. The minimum Gasteiger partial charge on any atom is -0.469 e. The van der Waals surface area contributed by atoms with E-state index < -0.39 is 11.0 Å². The highest BCUT2D eigenvalue weighted by Gasteiger charge is 2.20. The molecule has 6 nitrogen and oxygen atoms in total. The van der Waals surface area contributed by atoms with Crippen molar-refractivity contribution < 1.29 is 22.4 Å². The number of alkyl halides is 2. The lowest BCUT2D eigenvalue weighted by Crippen LogP contribution is -2.22. The fraction of sp³-hybridized carbons (Fsp3) is 0.235. The first-order valence-corrected chi connectivity index (χ1v) is 9.58. The van der Waals surface area contributed by atoms with Crippen LogP contribution in [-0.4, -0.2) is 27.1 Å². The molecule has 3 aromatic rings. The summed E-state index contributed by atoms with van der Waals surface area (Å²) in [6.45, 7) is 3.49. The third-order valence-electron chi connectivity index (χ3n) is 3.49. The fourth-order valence-electron chi connectivity index (χ4n) is 2.14. The number of anilines is 1. The molecule has 1 amide bonds. The second-order valence-electron chi connectivity index (χ2n) is 5.42. The number of rotatable bonds is 7. The molecule has 0 spiro atoms. The van der Waals surface area contributed by atoms with E-state index in [0.29, 0.717) is 39.6 Å². The van der Waals surface area contributed by atoms with Crippen LogP contribution in [0.2, 0.25) is 0 Å². The number of halogens is 2. The molecule has 2 aromatic heterocycles. The van der Waals surface area contributed by atoms with E-state index in [9.17, 15) is 13.6 Å². The van der Waals surface area contributed by atoms with E-state index in [1.54, 1.807) is 32.0 Å². The van der Waals surface area contributed by atoms with Crippen molar-refractivity contribution in [3.63, 3.8) is 0 Å². The van der Waals surface area contributed by atoms with Crippen LogP contribution >= 0.6 is 23.5 Å². The van der Waals surface area contributed by atoms with Crippen LogP contribution in [0.3, 0.4) is 0 Å². The molecule has 0 aliphatic rings. The number of nitrogens with zero attached hydrogens (tertiary/aromatic N) is 2. The molecular formula is C17H15F2N3O3S2. The van der Waals surface area contributed by atoms with Crippen molar-refractivity contribution in [2.24, 2.45) is 0 Å². The van der Waals surface area contributed by atoms with Crippen molar-refractivity contribution >= 4 is 35.1 Å². The predicted octanol–water partition coefficient (Wildman–Crippen LogP) is 5.07. The quantitative estimate of drug-likeness (QED) is 0.544. The molecule has 1 aromatic carbocycles. The van der Waals surface area contributed by atoms with Gasteiger partial charge in [-0.3, -0.25) is 4.79 Å².